The molecule has 1 aromatic carbocycles. The molecule has 0 radical (unpaired) electrons. The molecule has 5 heteroatoms. The van der Waals surface area contributed by atoms with Crippen LogP contribution in [0.3, 0.4) is 0 Å². The minimum atomic E-state index is -0.342. The maximum absolute atomic E-state index is 13.0. The van der Waals surface area contributed by atoms with Gasteiger partial charge >= 0.3 is 0 Å². The molecule has 1 heterocycles. The predicted molar refractivity (Wildman–Crippen MR) is 68.7 cm³/mol. The summed E-state index contributed by atoms with van der Waals surface area (Å²) in [6.45, 7) is 3.66. The van der Waals surface area contributed by atoms with E-state index in [2.05, 4.69) is 15.3 Å². The Balaban J connectivity index is 2.35. The second-order valence-corrected chi connectivity index (χ2v) is 3.98. The van der Waals surface area contributed by atoms with Crippen molar-refractivity contribution in [1.82, 2.24) is 9.97 Å². The van der Waals surface area contributed by atoms with Crippen molar-refractivity contribution < 1.29 is 4.39 Å². The molecule has 18 heavy (non-hydrogen) atoms. The molecule has 2 rings (SSSR count). The first kappa shape index (κ1) is 12.3. The number of nitrogens with one attached hydrogen (secondary N) is 2. The Morgan fingerprint density at radius 3 is 2.89 bits per heavy atom. The van der Waals surface area contributed by atoms with Crippen molar-refractivity contribution in [2.24, 2.45) is 0 Å². The summed E-state index contributed by atoms with van der Waals surface area (Å²) in [4.78, 5) is 18.6. The van der Waals surface area contributed by atoms with Gasteiger partial charge in [-0.1, -0.05) is 13.0 Å². The number of rotatable bonds is 3. The molecule has 2 aromatic rings. The molecule has 0 aliphatic carbocycles. The van der Waals surface area contributed by atoms with Gasteiger partial charge in [-0.2, -0.15) is 0 Å². The Morgan fingerprint density at radius 2 is 2.22 bits per heavy atom. The fourth-order valence-corrected chi connectivity index (χ4v) is 1.69. The topological polar surface area (TPSA) is 57.8 Å². The average molecular weight is 247 g/mol. The van der Waals surface area contributed by atoms with Crippen LogP contribution in [0.1, 0.15) is 18.2 Å². The van der Waals surface area contributed by atoms with Crippen LogP contribution in [-0.2, 0) is 6.42 Å². The summed E-state index contributed by atoms with van der Waals surface area (Å²) < 4.78 is 13.0. The number of anilines is 2. The molecule has 1 aromatic heterocycles. The van der Waals surface area contributed by atoms with Crippen LogP contribution in [0, 0.1) is 12.7 Å². The number of aryl methyl sites for hydroxylation is 1. The molecule has 0 aliphatic heterocycles. The lowest BCUT2D eigenvalue weighted by Gasteiger charge is -2.08. The number of halogens is 1. The van der Waals surface area contributed by atoms with E-state index in [9.17, 15) is 9.18 Å². The summed E-state index contributed by atoms with van der Waals surface area (Å²) in [5.74, 6) is -0.0155. The third kappa shape index (κ3) is 2.56. The molecule has 0 unspecified atom stereocenters. The smallest absolute Gasteiger partial charge is 0.255 e. The van der Waals surface area contributed by atoms with E-state index < -0.39 is 0 Å². The molecule has 0 fully saturated rings. The highest BCUT2D eigenvalue weighted by Crippen LogP contribution is 2.14. The van der Waals surface area contributed by atoms with Crippen molar-refractivity contribution in [3.8, 4) is 0 Å². The van der Waals surface area contributed by atoms with Crippen molar-refractivity contribution in [3.05, 3.63) is 51.7 Å². The fourth-order valence-electron chi connectivity index (χ4n) is 1.69. The zero-order valence-corrected chi connectivity index (χ0v) is 10.2. The second kappa shape index (κ2) is 5.00. The molecule has 0 saturated heterocycles. The lowest BCUT2D eigenvalue weighted by Crippen LogP contribution is -2.16. The third-order valence-electron chi connectivity index (χ3n) is 2.67. The lowest BCUT2D eigenvalue weighted by atomic mass is 10.2. The van der Waals surface area contributed by atoms with Crippen LogP contribution in [-0.4, -0.2) is 9.97 Å². The lowest BCUT2D eigenvalue weighted by molar-refractivity contribution is 0.628. The fraction of sp³-hybridized carbons (Fsp3) is 0.231. The number of hydrogen-bond acceptors (Lipinski definition) is 3. The monoisotopic (exact) mass is 247 g/mol. The van der Waals surface area contributed by atoms with Crippen molar-refractivity contribution in [2.45, 2.75) is 20.3 Å². The highest BCUT2D eigenvalue weighted by molar-refractivity contribution is 5.53. The number of benzene rings is 1. The van der Waals surface area contributed by atoms with E-state index in [1.807, 2.05) is 6.92 Å². The van der Waals surface area contributed by atoms with Crippen LogP contribution in [0.15, 0.2) is 29.1 Å². The number of H-pyrrole nitrogens is 1. The van der Waals surface area contributed by atoms with E-state index in [0.717, 1.165) is 5.69 Å². The Kier molecular flexibility index (Phi) is 3.41. The van der Waals surface area contributed by atoms with Gasteiger partial charge in [0.25, 0.3) is 5.56 Å². The molecule has 0 spiro atoms. The molecule has 0 atom stereocenters. The van der Waals surface area contributed by atoms with Crippen LogP contribution in [0.4, 0.5) is 16.0 Å². The van der Waals surface area contributed by atoms with Gasteiger partial charge in [-0.25, -0.2) is 9.37 Å². The van der Waals surface area contributed by atoms with Crippen molar-refractivity contribution in [3.63, 3.8) is 0 Å². The minimum absolute atomic E-state index is 0.180. The van der Waals surface area contributed by atoms with Crippen LogP contribution >= 0.6 is 0 Å². The van der Waals surface area contributed by atoms with Gasteiger partial charge in [0.15, 0.2) is 0 Å². The van der Waals surface area contributed by atoms with Crippen LogP contribution in [0.2, 0.25) is 0 Å². The van der Waals surface area contributed by atoms with Gasteiger partial charge in [0.2, 0.25) is 5.95 Å². The molecular formula is C13H14FN3O. The number of nitrogens with zero attached hydrogens (tertiary/aromatic N) is 1. The summed E-state index contributed by atoms with van der Waals surface area (Å²) >= 11 is 0. The predicted octanol–water partition coefficient (Wildman–Crippen LogP) is 2.52. The minimum Gasteiger partial charge on any atom is -0.326 e. The van der Waals surface area contributed by atoms with Gasteiger partial charge in [0, 0.05) is 11.3 Å². The van der Waals surface area contributed by atoms with Crippen molar-refractivity contribution in [1.29, 1.82) is 0 Å². The Bertz CT molecular complexity index is 622. The first-order chi connectivity index (χ1) is 8.60. The first-order valence-electron chi connectivity index (χ1n) is 5.72. The molecule has 0 bridgehead atoms. The summed E-state index contributed by atoms with van der Waals surface area (Å²) in [5, 5.41) is 2.88. The van der Waals surface area contributed by atoms with E-state index in [4.69, 9.17) is 0 Å². The van der Waals surface area contributed by atoms with Crippen LogP contribution in [0.5, 0.6) is 0 Å². The quantitative estimate of drug-likeness (QED) is 0.876. The molecule has 4 nitrogen and oxygen atoms in total. The molecule has 0 saturated carbocycles. The van der Waals surface area contributed by atoms with Gasteiger partial charge in [-0.3, -0.25) is 9.78 Å². The summed E-state index contributed by atoms with van der Waals surface area (Å²) in [6, 6.07) is 5.98. The van der Waals surface area contributed by atoms with E-state index in [-0.39, 0.29) is 11.4 Å². The maximum Gasteiger partial charge on any atom is 0.255 e. The molecule has 2 N–H and O–H groups in total. The van der Waals surface area contributed by atoms with Gasteiger partial charge in [0.1, 0.15) is 5.82 Å². The highest BCUT2D eigenvalue weighted by atomic mass is 19.1. The van der Waals surface area contributed by atoms with Gasteiger partial charge in [-0.15, -0.1) is 0 Å². The highest BCUT2D eigenvalue weighted by Gasteiger charge is 2.06. The number of hydrogen-bond donors (Lipinski definition) is 2. The summed E-state index contributed by atoms with van der Waals surface area (Å²) in [5.41, 5.74) is 1.71. The van der Waals surface area contributed by atoms with Crippen LogP contribution in [0.25, 0.3) is 0 Å². The van der Waals surface area contributed by atoms with Crippen LogP contribution < -0.4 is 10.9 Å². The zero-order chi connectivity index (χ0) is 13.1. The Morgan fingerprint density at radius 1 is 1.44 bits per heavy atom. The Labute approximate surface area is 104 Å². The maximum atomic E-state index is 13.0. The van der Waals surface area contributed by atoms with E-state index in [0.29, 0.717) is 23.6 Å². The van der Waals surface area contributed by atoms with E-state index in [1.165, 1.54) is 12.1 Å². The van der Waals surface area contributed by atoms with E-state index in [1.54, 1.807) is 19.1 Å². The summed E-state index contributed by atoms with van der Waals surface area (Å²) in [6.07, 6.45) is 0.674. The molecule has 94 valence electrons. The normalized spacial score (nSPS) is 10.4. The number of aromatic nitrogens is 2. The zero-order valence-electron chi connectivity index (χ0n) is 10.2. The second-order valence-electron chi connectivity index (χ2n) is 3.98. The number of aromatic amines is 1. The van der Waals surface area contributed by atoms with Crippen molar-refractivity contribution in [2.75, 3.05) is 5.32 Å². The molecule has 0 aliphatic rings. The van der Waals surface area contributed by atoms with Gasteiger partial charge in [-0.05, 0) is 31.5 Å². The van der Waals surface area contributed by atoms with E-state index >= 15 is 0 Å². The largest absolute Gasteiger partial charge is 0.326 e. The third-order valence-corrected chi connectivity index (χ3v) is 2.67. The average Bonchev–Trinajstić information content (AvgIpc) is 2.33. The Hall–Kier alpha value is -2.17. The van der Waals surface area contributed by atoms with Gasteiger partial charge in [0.05, 0.1) is 5.69 Å². The molecular weight excluding hydrogens is 233 g/mol. The SMILES string of the molecule is CCc1nc(Nc2cccc(F)c2)[nH]c(=O)c1C. The molecule has 0 amide bonds. The standard InChI is InChI=1S/C13H14FN3O/c1-3-11-8(2)12(18)17-13(16-11)15-10-6-4-5-9(14)7-10/h4-7H,3H2,1-2H3,(H2,15,16,17,18). The first-order valence-corrected chi connectivity index (χ1v) is 5.72. The van der Waals surface area contributed by atoms with Gasteiger partial charge < -0.3 is 5.32 Å². The summed E-state index contributed by atoms with van der Waals surface area (Å²) in [7, 11) is 0. The van der Waals surface area contributed by atoms with Crippen molar-refractivity contribution >= 4 is 11.6 Å².